The molecule has 1 amide bonds. The van der Waals surface area contributed by atoms with Crippen LogP contribution in [0.3, 0.4) is 0 Å². The van der Waals surface area contributed by atoms with Crippen LogP contribution in [-0.2, 0) is 22.6 Å². The summed E-state index contributed by atoms with van der Waals surface area (Å²) < 4.78 is 2.11. The van der Waals surface area contributed by atoms with E-state index in [4.69, 9.17) is 5.11 Å². The van der Waals surface area contributed by atoms with Crippen LogP contribution in [0.2, 0.25) is 0 Å². The molecule has 1 aromatic heterocycles. The first kappa shape index (κ1) is 15.3. The Bertz CT molecular complexity index is 426. The van der Waals surface area contributed by atoms with Gasteiger partial charge in [0.2, 0.25) is 5.91 Å². The second kappa shape index (κ2) is 7.61. The van der Waals surface area contributed by atoms with E-state index in [-0.39, 0.29) is 18.4 Å². The SMILES string of the molecule is CCCn1ccc(CC(CCC(=O)O)NC(C)=O)c1. The van der Waals surface area contributed by atoms with Gasteiger partial charge in [-0.2, -0.15) is 0 Å². The van der Waals surface area contributed by atoms with Crippen LogP contribution in [0.5, 0.6) is 0 Å². The zero-order valence-electron chi connectivity index (χ0n) is 11.6. The summed E-state index contributed by atoms with van der Waals surface area (Å²) >= 11 is 0. The Labute approximate surface area is 113 Å². The summed E-state index contributed by atoms with van der Waals surface area (Å²) in [5.74, 6) is -0.956. The lowest BCUT2D eigenvalue weighted by molar-refractivity contribution is -0.137. The largest absolute Gasteiger partial charge is 0.481 e. The van der Waals surface area contributed by atoms with E-state index in [0.29, 0.717) is 12.8 Å². The number of hydrogen-bond acceptors (Lipinski definition) is 2. The fourth-order valence-corrected chi connectivity index (χ4v) is 2.10. The number of nitrogens with one attached hydrogen (secondary N) is 1. The number of carboxylic acids is 1. The third-order valence-electron chi connectivity index (χ3n) is 2.89. The molecule has 0 aliphatic rings. The smallest absolute Gasteiger partial charge is 0.303 e. The maximum Gasteiger partial charge on any atom is 0.303 e. The molecular weight excluding hydrogens is 244 g/mol. The number of rotatable bonds is 8. The normalized spacial score (nSPS) is 12.1. The number of aliphatic carboxylic acids is 1. The number of aromatic nitrogens is 1. The van der Waals surface area contributed by atoms with E-state index in [1.54, 1.807) is 0 Å². The Hall–Kier alpha value is -1.78. The van der Waals surface area contributed by atoms with Crippen LogP contribution in [0.4, 0.5) is 0 Å². The van der Waals surface area contributed by atoms with Crippen LogP contribution in [0, 0.1) is 0 Å². The van der Waals surface area contributed by atoms with Crippen molar-refractivity contribution >= 4 is 11.9 Å². The van der Waals surface area contributed by atoms with Gasteiger partial charge in [0.15, 0.2) is 0 Å². The van der Waals surface area contributed by atoms with Gasteiger partial charge < -0.3 is 15.0 Å². The molecule has 19 heavy (non-hydrogen) atoms. The van der Waals surface area contributed by atoms with E-state index >= 15 is 0 Å². The average molecular weight is 266 g/mol. The molecule has 5 nitrogen and oxygen atoms in total. The Balaban J connectivity index is 2.58. The van der Waals surface area contributed by atoms with Gasteiger partial charge in [0.1, 0.15) is 0 Å². The Morgan fingerprint density at radius 1 is 1.47 bits per heavy atom. The third-order valence-corrected chi connectivity index (χ3v) is 2.89. The lowest BCUT2D eigenvalue weighted by Gasteiger charge is -2.16. The summed E-state index contributed by atoms with van der Waals surface area (Å²) in [7, 11) is 0. The number of amides is 1. The van der Waals surface area contributed by atoms with Crippen LogP contribution >= 0.6 is 0 Å². The third kappa shape index (κ3) is 6.08. The maximum absolute atomic E-state index is 11.1. The van der Waals surface area contributed by atoms with Crippen molar-refractivity contribution in [3.63, 3.8) is 0 Å². The van der Waals surface area contributed by atoms with Crippen molar-refractivity contribution in [3.05, 3.63) is 24.0 Å². The van der Waals surface area contributed by atoms with Gasteiger partial charge in [0, 0.05) is 38.3 Å². The molecule has 106 valence electrons. The Morgan fingerprint density at radius 3 is 2.79 bits per heavy atom. The first-order valence-electron chi connectivity index (χ1n) is 6.64. The van der Waals surface area contributed by atoms with Gasteiger partial charge in [-0.1, -0.05) is 6.92 Å². The molecule has 0 bridgehead atoms. The molecular formula is C14H22N2O3. The van der Waals surface area contributed by atoms with E-state index < -0.39 is 5.97 Å². The fraction of sp³-hybridized carbons (Fsp3) is 0.571. The number of carbonyl (C=O) groups is 2. The van der Waals surface area contributed by atoms with Gasteiger partial charge >= 0.3 is 5.97 Å². The highest BCUT2D eigenvalue weighted by molar-refractivity contribution is 5.73. The van der Waals surface area contributed by atoms with Crippen LogP contribution in [0.15, 0.2) is 18.5 Å². The Kier molecular flexibility index (Phi) is 6.12. The molecule has 0 aromatic carbocycles. The predicted molar refractivity (Wildman–Crippen MR) is 72.9 cm³/mol. The zero-order chi connectivity index (χ0) is 14.3. The molecule has 1 unspecified atom stereocenters. The van der Waals surface area contributed by atoms with Crippen molar-refractivity contribution in [1.29, 1.82) is 0 Å². The number of aryl methyl sites for hydroxylation is 1. The molecule has 2 N–H and O–H groups in total. The van der Waals surface area contributed by atoms with E-state index in [2.05, 4.69) is 23.0 Å². The van der Waals surface area contributed by atoms with Crippen molar-refractivity contribution in [3.8, 4) is 0 Å². The second-order valence-corrected chi connectivity index (χ2v) is 4.79. The van der Waals surface area contributed by atoms with Crippen LogP contribution < -0.4 is 5.32 Å². The van der Waals surface area contributed by atoms with Gasteiger partial charge in [0.05, 0.1) is 0 Å². The zero-order valence-corrected chi connectivity index (χ0v) is 11.6. The molecule has 0 saturated heterocycles. The minimum atomic E-state index is -0.834. The first-order valence-corrected chi connectivity index (χ1v) is 6.64. The average Bonchev–Trinajstić information content (AvgIpc) is 2.73. The van der Waals surface area contributed by atoms with Crippen LogP contribution in [-0.4, -0.2) is 27.6 Å². The summed E-state index contributed by atoms with van der Waals surface area (Å²) in [6.45, 7) is 4.54. The highest BCUT2D eigenvalue weighted by Crippen LogP contribution is 2.09. The van der Waals surface area contributed by atoms with E-state index in [1.807, 2.05) is 12.3 Å². The lowest BCUT2D eigenvalue weighted by Crippen LogP contribution is -2.35. The first-order chi connectivity index (χ1) is 9.01. The topological polar surface area (TPSA) is 71.3 Å². The summed E-state index contributed by atoms with van der Waals surface area (Å²) in [4.78, 5) is 21.7. The van der Waals surface area contributed by atoms with Gasteiger partial charge in [-0.15, -0.1) is 0 Å². The molecule has 0 spiro atoms. The Morgan fingerprint density at radius 2 is 2.21 bits per heavy atom. The molecule has 0 aliphatic carbocycles. The lowest BCUT2D eigenvalue weighted by atomic mass is 10.0. The van der Waals surface area contributed by atoms with Gasteiger partial charge in [-0.05, 0) is 30.9 Å². The standard InChI is InChI=1S/C14H22N2O3/c1-3-7-16-8-6-12(10-16)9-13(15-11(2)17)4-5-14(18)19/h6,8,10,13H,3-5,7,9H2,1-2H3,(H,15,17)(H,18,19). The van der Waals surface area contributed by atoms with Crippen molar-refractivity contribution in [2.45, 2.75) is 52.1 Å². The molecule has 0 fully saturated rings. The van der Waals surface area contributed by atoms with Gasteiger partial charge in [-0.3, -0.25) is 9.59 Å². The second-order valence-electron chi connectivity index (χ2n) is 4.79. The molecule has 5 heteroatoms. The highest BCUT2D eigenvalue weighted by atomic mass is 16.4. The number of hydrogen-bond donors (Lipinski definition) is 2. The van der Waals surface area contributed by atoms with Gasteiger partial charge in [-0.25, -0.2) is 0 Å². The van der Waals surface area contributed by atoms with Crippen molar-refractivity contribution in [1.82, 2.24) is 9.88 Å². The summed E-state index contributed by atoms with van der Waals surface area (Å²) in [6, 6.07) is 1.90. The van der Waals surface area contributed by atoms with E-state index in [0.717, 1.165) is 18.5 Å². The molecule has 1 aromatic rings. The van der Waals surface area contributed by atoms with Crippen LogP contribution in [0.25, 0.3) is 0 Å². The van der Waals surface area contributed by atoms with Crippen molar-refractivity contribution < 1.29 is 14.7 Å². The quantitative estimate of drug-likeness (QED) is 0.753. The monoisotopic (exact) mass is 266 g/mol. The number of nitrogens with zero attached hydrogens (tertiary/aromatic N) is 1. The summed E-state index contributed by atoms with van der Waals surface area (Å²) in [5.41, 5.74) is 1.12. The fourth-order valence-electron chi connectivity index (χ4n) is 2.10. The number of carbonyl (C=O) groups excluding carboxylic acids is 1. The molecule has 0 radical (unpaired) electrons. The van der Waals surface area contributed by atoms with Crippen molar-refractivity contribution in [2.75, 3.05) is 0 Å². The van der Waals surface area contributed by atoms with E-state index in [1.165, 1.54) is 6.92 Å². The molecule has 0 saturated carbocycles. The van der Waals surface area contributed by atoms with Gasteiger partial charge in [0.25, 0.3) is 0 Å². The molecule has 1 atom stereocenters. The highest BCUT2D eigenvalue weighted by Gasteiger charge is 2.13. The maximum atomic E-state index is 11.1. The molecule has 1 heterocycles. The molecule has 0 aliphatic heterocycles. The van der Waals surface area contributed by atoms with E-state index in [9.17, 15) is 9.59 Å². The van der Waals surface area contributed by atoms with Crippen molar-refractivity contribution in [2.24, 2.45) is 0 Å². The number of carboxylic acid groups (broad SMARTS) is 1. The minimum absolute atomic E-state index is 0.0701. The van der Waals surface area contributed by atoms with Crippen LogP contribution in [0.1, 0.15) is 38.7 Å². The minimum Gasteiger partial charge on any atom is -0.481 e. The summed E-state index contributed by atoms with van der Waals surface area (Å²) in [5, 5.41) is 11.5. The predicted octanol–water partition coefficient (Wildman–Crippen LogP) is 1.81. The summed E-state index contributed by atoms with van der Waals surface area (Å²) in [6.07, 6.45) is 6.33. The molecule has 1 rings (SSSR count).